The Labute approximate surface area is 183 Å². The van der Waals surface area contributed by atoms with E-state index in [1.54, 1.807) is 6.07 Å². The van der Waals surface area contributed by atoms with Crippen molar-refractivity contribution in [2.45, 2.75) is 19.2 Å². The zero-order valence-corrected chi connectivity index (χ0v) is 17.2. The molecule has 1 aliphatic rings. The highest BCUT2D eigenvalue weighted by Crippen LogP contribution is 2.28. The molecule has 0 spiro atoms. The van der Waals surface area contributed by atoms with Gasteiger partial charge in [0.25, 0.3) is 0 Å². The summed E-state index contributed by atoms with van der Waals surface area (Å²) in [6.45, 7) is 0.262. The third-order valence-electron chi connectivity index (χ3n) is 4.42. The average molecular weight is 449 g/mol. The lowest BCUT2D eigenvalue weighted by Crippen LogP contribution is -2.38. The number of ether oxygens (including phenoxy) is 2. The first-order chi connectivity index (χ1) is 15.2. The number of esters is 1. The van der Waals surface area contributed by atoms with Gasteiger partial charge in [0.05, 0.1) is 25.0 Å². The maximum absolute atomic E-state index is 12.0. The summed E-state index contributed by atoms with van der Waals surface area (Å²) in [5.41, 5.74) is 0.272. The lowest BCUT2D eigenvalue weighted by atomic mass is 9.97. The molecular weight excluding hydrogens is 427 g/mol. The largest absolute Gasteiger partial charge is 0.469 e. The number of nitrogens with zero attached hydrogens (tertiary/aromatic N) is 1. The summed E-state index contributed by atoms with van der Waals surface area (Å²) in [5.74, 6) is -1.27. The van der Waals surface area contributed by atoms with Crippen LogP contribution in [0.25, 0.3) is 0 Å². The molecule has 1 amide bonds. The van der Waals surface area contributed by atoms with Crippen LogP contribution in [-0.4, -0.2) is 36.4 Å². The summed E-state index contributed by atoms with van der Waals surface area (Å²) < 4.78 is 45.1. The first-order valence-electron chi connectivity index (χ1n) is 9.59. The molecule has 1 heterocycles. The number of carbonyl (C=O) groups is 3. The fourth-order valence-electron chi connectivity index (χ4n) is 2.70. The fraction of sp³-hybridized carbons (Fsp3) is 0.261. The minimum absolute atomic E-state index is 0.0534. The summed E-state index contributed by atoms with van der Waals surface area (Å²) in [6, 6.07) is 15.7. The Morgan fingerprint density at radius 3 is 2.16 bits per heavy atom. The van der Waals surface area contributed by atoms with Crippen LogP contribution < -0.4 is 0 Å². The van der Waals surface area contributed by atoms with Crippen LogP contribution in [0.1, 0.15) is 17.5 Å². The highest BCUT2D eigenvalue weighted by Gasteiger charge is 2.30. The Bertz CT molecular complexity index is 930. The summed E-state index contributed by atoms with van der Waals surface area (Å²) in [4.78, 5) is 36.3. The molecule has 0 aliphatic carbocycles. The van der Waals surface area contributed by atoms with Crippen molar-refractivity contribution in [3.63, 3.8) is 0 Å². The predicted octanol–water partition coefficient (Wildman–Crippen LogP) is 4.61. The van der Waals surface area contributed by atoms with Crippen molar-refractivity contribution in [2.24, 2.45) is 5.92 Å². The van der Waals surface area contributed by atoms with E-state index in [0.717, 1.165) is 17.7 Å². The molecule has 170 valence electrons. The van der Waals surface area contributed by atoms with E-state index in [1.165, 1.54) is 36.4 Å². The lowest BCUT2D eigenvalue weighted by molar-refractivity contribution is -0.143. The number of ketones is 1. The standard InChI is InChI=1S/C16H17NO5.C7H5F3/c1-21-15(19)9-13-10-17(8-7-14(13)18)16(20)22-11-12-5-3-2-4-6-12;8-7(9,10)6-4-2-1-3-5-6/h2-8,13H,9-11H2,1H3;1-5H. The van der Waals surface area contributed by atoms with Gasteiger partial charge in [0.2, 0.25) is 0 Å². The number of methoxy groups -OCH3 is 1. The van der Waals surface area contributed by atoms with Crippen LogP contribution in [0.15, 0.2) is 72.9 Å². The second kappa shape index (κ2) is 11.7. The molecule has 0 N–H and O–H groups in total. The van der Waals surface area contributed by atoms with Crippen LogP contribution in [0.3, 0.4) is 0 Å². The minimum atomic E-state index is -4.21. The predicted molar refractivity (Wildman–Crippen MR) is 109 cm³/mol. The molecule has 0 fully saturated rings. The van der Waals surface area contributed by atoms with Crippen LogP contribution in [0.4, 0.5) is 18.0 Å². The van der Waals surface area contributed by atoms with E-state index in [9.17, 15) is 27.6 Å². The van der Waals surface area contributed by atoms with Crippen LogP contribution >= 0.6 is 0 Å². The molecule has 3 rings (SSSR count). The molecule has 6 nitrogen and oxygen atoms in total. The third-order valence-corrected chi connectivity index (χ3v) is 4.42. The molecule has 2 aromatic carbocycles. The molecule has 0 aromatic heterocycles. The average Bonchev–Trinajstić information content (AvgIpc) is 2.80. The number of hydrogen-bond acceptors (Lipinski definition) is 5. The van der Waals surface area contributed by atoms with E-state index in [-0.39, 0.29) is 25.4 Å². The Kier molecular flexibility index (Phi) is 9.00. The molecule has 32 heavy (non-hydrogen) atoms. The molecule has 0 saturated carbocycles. The molecule has 0 bridgehead atoms. The quantitative estimate of drug-likeness (QED) is 0.638. The van der Waals surface area contributed by atoms with E-state index in [2.05, 4.69) is 4.74 Å². The van der Waals surface area contributed by atoms with Gasteiger partial charge in [-0.3, -0.25) is 14.5 Å². The minimum Gasteiger partial charge on any atom is -0.469 e. The second-order valence-electron chi connectivity index (χ2n) is 6.75. The highest BCUT2D eigenvalue weighted by atomic mass is 19.4. The Hall–Kier alpha value is -3.62. The number of alkyl halides is 3. The number of halogens is 3. The van der Waals surface area contributed by atoms with Crippen LogP contribution in [-0.2, 0) is 31.8 Å². The molecule has 0 saturated heterocycles. The molecule has 9 heteroatoms. The van der Waals surface area contributed by atoms with E-state index < -0.39 is 29.7 Å². The highest BCUT2D eigenvalue weighted by molar-refractivity contribution is 5.95. The van der Waals surface area contributed by atoms with Crippen molar-refractivity contribution in [3.8, 4) is 0 Å². The van der Waals surface area contributed by atoms with Crippen LogP contribution in [0, 0.1) is 5.92 Å². The topological polar surface area (TPSA) is 72.9 Å². The van der Waals surface area contributed by atoms with Crippen molar-refractivity contribution in [3.05, 3.63) is 84.1 Å². The summed E-state index contributed by atoms with van der Waals surface area (Å²) in [7, 11) is 1.26. The van der Waals surface area contributed by atoms with Gasteiger partial charge >= 0.3 is 18.2 Å². The maximum atomic E-state index is 12.0. The number of amides is 1. The van der Waals surface area contributed by atoms with Gasteiger partial charge in [0.1, 0.15) is 6.61 Å². The third kappa shape index (κ3) is 7.90. The second-order valence-corrected chi connectivity index (χ2v) is 6.75. The molecule has 1 unspecified atom stereocenters. The lowest BCUT2D eigenvalue weighted by Gasteiger charge is -2.25. The first kappa shape index (κ1) is 24.6. The van der Waals surface area contributed by atoms with Gasteiger partial charge in [-0.05, 0) is 11.6 Å². The number of carbonyl (C=O) groups excluding carboxylic acids is 3. The van der Waals surface area contributed by atoms with E-state index in [4.69, 9.17) is 4.74 Å². The number of rotatable bonds is 4. The van der Waals surface area contributed by atoms with Gasteiger partial charge in [-0.15, -0.1) is 0 Å². The normalized spacial score (nSPS) is 15.4. The van der Waals surface area contributed by atoms with E-state index >= 15 is 0 Å². The van der Waals surface area contributed by atoms with Gasteiger partial charge in [0.15, 0.2) is 5.78 Å². The van der Waals surface area contributed by atoms with Gasteiger partial charge in [-0.2, -0.15) is 13.2 Å². The van der Waals surface area contributed by atoms with Gasteiger partial charge < -0.3 is 9.47 Å². The molecule has 1 aliphatic heterocycles. The number of allylic oxidation sites excluding steroid dienone is 1. The van der Waals surface area contributed by atoms with Crippen molar-refractivity contribution in [2.75, 3.05) is 13.7 Å². The Morgan fingerprint density at radius 1 is 1.03 bits per heavy atom. The molecule has 1 atom stereocenters. The maximum Gasteiger partial charge on any atom is 0.416 e. The van der Waals surface area contributed by atoms with Gasteiger partial charge in [-0.1, -0.05) is 60.7 Å². The van der Waals surface area contributed by atoms with Crippen molar-refractivity contribution >= 4 is 17.8 Å². The summed E-state index contributed by atoms with van der Waals surface area (Å²) in [5, 5.41) is 0. The number of benzene rings is 2. The van der Waals surface area contributed by atoms with Gasteiger partial charge in [-0.25, -0.2) is 4.79 Å². The van der Waals surface area contributed by atoms with Crippen molar-refractivity contribution in [1.82, 2.24) is 4.90 Å². The monoisotopic (exact) mass is 449 g/mol. The van der Waals surface area contributed by atoms with Crippen molar-refractivity contribution in [1.29, 1.82) is 0 Å². The van der Waals surface area contributed by atoms with E-state index in [0.29, 0.717) is 0 Å². The van der Waals surface area contributed by atoms with Crippen LogP contribution in [0.5, 0.6) is 0 Å². The molecule has 2 aromatic rings. The van der Waals surface area contributed by atoms with Crippen LogP contribution in [0.2, 0.25) is 0 Å². The van der Waals surface area contributed by atoms with Crippen molar-refractivity contribution < 1.29 is 37.0 Å². The smallest absolute Gasteiger partial charge is 0.416 e. The summed E-state index contributed by atoms with van der Waals surface area (Å²) in [6.07, 6.45) is -2.16. The zero-order chi connectivity index (χ0) is 23.6. The molecular formula is C23H22F3NO5. The number of hydrogen-bond donors (Lipinski definition) is 0. The molecule has 0 radical (unpaired) electrons. The van der Waals surface area contributed by atoms with Gasteiger partial charge in [0, 0.05) is 12.7 Å². The summed E-state index contributed by atoms with van der Waals surface area (Å²) >= 11 is 0. The Morgan fingerprint density at radius 2 is 1.62 bits per heavy atom. The Balaban J connectivity index is 0.000000303. The fourth-order valence-corrected chi connectivity index (χ4v) is 2.70. The first-order valence-corrected chi connectivity index (χ1v) is 9.59. The SMILES string of the molecule is COC(=O)CC1CN(C(=O)OCc2ccccc2)C=CC1=O.FC(F)(F)c1ccccc1. The van der Waals surface area contributed by atoms with E-state index in [1.807, 2.05) is 30.3 Å². The zero-order valence-electron chi connectivity index (χ0n) is 17.2.